The molecule has 0 saturated carbocycles. The Morgan fingerprint density at radius 3 is 2.67 bits per heavy atom. The summed E-state index contributed by atoms with van der Waals surface area (Å²) in [5.74, 6) is -0.145. The van der Waals surface area contributed by atoms with Crippen LogP contribution in [0.1, 0.15) is 24.6 Å². The third-order valence-electron chi connectivity index (χ3n) is 3.46. The summed E-state index contributed by atoms with van der Waals surface area (Å²) in [6.07, 6.45) is 0.135. The van der Waals surface area contributed by atoms with E-state index in [-0.39, 0.29) is 17.3 Å². The lowest BCUT2D eigenvalue weighted by molar-refractivity contribution is 0.117. The van der Waals surface area contributed by atoms with Crippen molar-refractivity contribution in [3.8, 4) is 6.07 Å². The van der Waals surface area contributed by atoms with Crippen molar-refractivity contribution >= 4 is 15.8 Å². The average molecular weight is 349 g/mol. The second-order valence-corrected chi connectivity index (χ2v) is 6.96. The van der Waals surface area contributed by atoms with Gasteiger partial charge >= 0.3 is 0 Å². The molecule has 0 saturated heterocycles. The summed E-state index contributed by atoms with van der Waals surface area (Å²) in [6, 6.07) is 11.2. The smallest absolute Gasteiger partial charge is 0.236 e. The maximum Gasteiger partial charge on any atom is 0.236 e. The molecule has 2 rings (SSSR count). The number of methoxy groups -OCH3 is 1. The molecule has 0 aliphatic heterocycles. The summed E-state index contributed by atoms with van der Waals surface area (Å²) in [5, 5.41) is 16.7. The van der Waals surface area contributed by atoms with Gasteiger partial charge in [0.05, 0.1) is 18.4 Å². The molecule has 0 fully saturated rings. The number of nitrogens with one attached hydrogen (secondary N) is 1. The first-order valence-corrected chi connectivity index (χ1v) is 9.05. The number of benzene rings is 1. The Labute approximate surface area is 141 Å². The SMILES string of the molecule is CCC(CS(=O)(=O)Nc1c(C#N)nnn1Cc1ccccc1)OC. The van der Waals surface area contributed by atoms with Gasteiger partial charge in [0.1, 0.15) is 6.07 Å². The van der Waals surface area contributed by atoms with Gasteiger partial charge in [0.2, 0.25) is 15.7 Å². The van der Waals surface area contributed by atoms with Crippen molar-refractivity contribution in [2.75, 3.05) is 17.6 Å². The van der Waals surface area contributed by atoms with Gasteiger partial charge in [-0.3, -0.25) is 4.72 Å². The minimum Gasteiger partial charge on any atom is -0.380 e. The fraction of sp³-hybridized carbons (Fsp3) is 0.400. The number of anilines is 1. The molecule has 8 nitrogen and oxygen atoms in total. The van der Waals surface area contributed by atoms with Gasteiger partial charge in [-0.1, -0.05) is 42.5 Å². The molecule has 24 heavy (non-hydrogen) atoms. The van der Waals surface area contributed by atoms with Crippen LogP contribution in [0.5, 0.6) is 0 Å². The minimum atomic E-state index is -3.70. The van der Waals surface area contributed by atoms with Gasteiger partial charge < -0.3 is 4.74 Å². The largest absolute Gasteiger partial charge is 0.380 e. The summed E-state index contributed by atoms with van der Waals surface area (Å²) in [4.78, 5) is 0. The number of hydrogen-bond acceptors (Lipinski definition) is 6. The number of aromatic nitrogens is 3. The summed E-state index contributed by atoms with van der Waals surface area (Å²) in [7, 11) is -2.24. The first-order chi connectivity index (χ1) is 11.5. The molecule has 1 unspecified atom stereocenters. The van der Waals surface area contributed by atoms with Crippen LogP contribution in [0.4, 0.5) is 5.82 Å². The van der Waals surface area contributed by atoms with Gasteiger partial charge in [-0.05, 0) is 12.0 Å². The van der Waals surface area contributed by atoms with E-state index in [1.807, 2.05) is 43.3 Å². The molecular formula is C15H19N5O3S. The van der Waals surface area contributed by atoms with Gasteiger partial charge in [-0.2, -0.15) is 5.26 Å². The highest BCUT2D eigenvalue weighted by molar-refractivity contribution is 7.92. The van der Waals surface area contributed by atoms with Crippen molar-refractivity contribution < 1.29 is 13.2 Å². The Balaban J connectivity index is 2.26. The molecule has 9 heteroatoms. The van der Waals surface area contributed by atoms with Crippen molar-refractivity contribution in [2.45, 2.75) is 26.0 Å². The van der Waals surface area contributed by atoms with E-state index in [9.17, 15) is 8.42 Å². The molecule has 0 amide bonds. The van der Waals surface area contributed by atoms with Crippen molar-refractivity contribution in [1.82, 2.24) is 15.0 Å². The van der Waals surface area contributed by atoms with E-state index in [0.717, 1.165) is 5.56 Å². The molecule has 0 aliphatic rings. The number of nitrogens with zero attached hydrogens (tertiary/aromatic N) is 4. The highest BCUT2D eigenvalue weighted by Crippen LogP contribution is 2.16. The van der Waals surface area contributed by atoms with Crippen LogP contribution in [-0.2, 0) is 21.3 Å². The summed E-state index contributed by atoms with van der Waals surface area (Å²) in [5.41, 5.74) is 0.843. The van der Waals surface area contributed by atoms with Crippen LogP contribution in [0.15, 0.2) is 30.3 Å². The molecule has 2 aromatic rings. The summed E-state index contributed by atoms with van der Waals surface area (Å²) < 4.78 is 33.5. The average Bonchev–Trinajstić information content (AvgIpc) is 2.94. The standard InChI is InChI=1S/C15H19N5O3S/c1-3-13(23-2)11-24(21,22)18-15-14(9-16)17-19-20(15)10-12-7-5-4-6-8-12/h4-8,13,18H,3,10-11H2,1-2H3. The van der Waals surface area contributed by atoms with Gasteiger partial charge in [-0.15, -0.1) is 5.10 Å². The van der Waals surface area contributed by atoms with Crippen LogP contribution >= 0.6 is 0 Å². The van der Waals surface area contributed by atoms with Crippen LogP contribution in [0.2, 0.25) is 0 Å². The summed E-state index contributed by atoms with van der Waals surface area (Å²) in [6.45, 7) is 2.14. The van der Waals surface area contributed by atoms with Crippen LogP contribution in [0, 0.1) is 11.3 Å². The second-order valence-electron chi connectivity index (χ2n) is 5.19. The Hall–Kier alpha value is -2.44. The quantitative estimate of drug-likeness (QED) is 0.770. The van der Waals surface area contributed by atoms with Crippen molar-refractivity contribution in [1.29, 1.82) is 5.26 Å². The Morgan fingerprint density at radius 1 is 1.38 bits per heavy atom. The van der Waals surface area contributed by atoms with E-state index in [0.29, 0.717) is 13.0 Å². The van der Waals surface area contributed by atoms with Crippen LogP contribution in [0.25, 0.3) is 0 Å². The normalized spacial score (nSPS) is 12.5. The Morgan fingerprint density at radius 2 is 2.08 bits per heavy atom. The molecule has 0 bridgehead atoms. The second kappa shape index (κ2) is 7.90. The molecule has 1 heterocycles. The highest BCUT2D eigenvalue weighted by atomic mass is 32.2. The molecule has 0 spiro atoms. The number of ether oxygens (including phenoxy) is 1. The Kier molecular flexibility index (Phi) is 5.89. The number of sulfonamides is 1. The first-order valence-electron chi connectivity index (χ1n) is 7.39. The van der Waals surface area contributed by atoms with Crippen molar-refractivity contribution in [3.05, 3.63) is 41.6 Å². The van der Waals surface area contributed by atoms with Gasteiger partial charge in [-0.25, -0.2) is 13.1 Å². The lowest BCUT2D eigenvalue weighted by Gasteiger charge is -2.15. The van der Waals surface area contributed by atoms with Gasteiger partial charge in [0.15, 0.2) is 5.82 Å². The summed E-state index contributed by atoms with van der Waals surface area (Å²) >= 11 is 0. The molecule has 0 radical (unpaired) electrons. The zero-order valence-corrected chi connectivity index (χ0v) is 14.3. The highest BCUT2D eigenvalue weighted by Gasteiger charge is 2.22. The number of rotatable bonds is 8. The van der Waals surface area contributed by atoms with Crippen LogP contribution < -0.4 is 4.72 Å². The zero-order chi connectivity index (χ0) is 17.6. The predicted octanol–water partition coefficient (Wildman–Crippen LogP) is 1.36. The Bertz CT molecular complexity index is 807. The fourth-order valence-electron chi connectivity index (χ4n) is 2.14. The topological polar surface area (TPSA) is 110 Å². The van der Waals surface area contributed by atoms with Crippen LogP contribution in [-0.4, -0.2) is 42.4 Å². The van der Waals surface area contributed by atoms with Crippen molar-refractivity contribution in [2.24, 2.45) is 0 Å². The maximum absolute atomic E-state index is 12.3. The fourth-order valence-corrected chi connectivity index (χ4v) is 3.58. The third kappa shape index (κ3) is 4.53. The van der Waals surface area contributed by atoms with E-state index in [1.54, 1.807) is 0 Å². The molecule has 1 aromatic carbocycles. The van der Waals surface area contributed by atoms with E-state index >= 15 is 0 Å². The first kappa shape index (κ1) is 17.9. The molecule has 1 N–H and O–H groups in total. The van der Waals surface area contributed by atoms with E-state index in [4.69, 9.17) is 10.00 Å². The predicted molar refractivity (Wildman–Crippen MR) is 88.8 cm³/mol. The van der Waals surface area contributed by atoms with Gasteiger partial charge in [0.25, 0.3) is 0 Å². The third-order valence-corrected chi connectivity index (χ3v) is 4.78. The van der Waals surface area contributed by atoms with Crippen LogP contribution in [0.3, 0.4) is 0 Å². The lowest BCUT2D eigenvalue weighted by atomic mass is 10.2. The molecule has 0 aliphatic carbocycles. The lowest BCUT2D eigenvalue weighted by Crippen LogP contribution is -2.28. The number of hydrogen-bond donors (Lipinski definition) is 1. The molecular weight excluding hydrogens is 330 g/mol. The molecule has 1 aromatic heterocycles. The monoisotopic (exact) mass is 349 g/mol. The van der Waals surface area contributed by atoms with E-state index in [1.165, 1.54) is 11.8 Å². The van der Waals surface area contributed by atoms with Crippen molar-refractivity contribution in [3.63, 3.8) is 0 Å². The molecule has 128 valence electrons. The van der Waals surface area contributed by atoms with Gasteiger partial charge in [0, 0.05) is 7.11 Å². The number of nitriles is 1. The molecule has 1 atom stereocenters. The van der Waals surface area contributed by atoms with E-state index in [2.05, 4.69) is 15.0 Å². The minimum absolute atomic E-state index is 0.0623. The van der Waals surface area contributed by atoms with E-state index < -0.39 is 16.1 Å². The zero-order valence-electron chi connectivity index (χ0n) is 13.5. The maximum atomic E-state index is 12.3.